The molecule has 1 saturated carbocycles. The molecule has 9 heteroatoms. The lowest BCUT2D eigenvalue weighted by molar-refractivity contribution is -0.151. The third kappa shape index (κ3) is 5.32. The molecule has 1 spiro atoms. The lowest BCUT2D eigenvalue weighted by Crippen LogP contribution is -2.58. The van der Waals surface area contributed by atoms with Gasteiger partial charge >= 0.3 is 0 Å². The average Bonchev–Trinajstić information content (AvgIpc) is 3.01. The van der Waals surface area contributed by atoms with Gasteiger partial charge in [0.15, 0.2) is 5.60 Å². The predicted molar refractivity (Wildman–Crippen MR) is 165 cm³/mol. The highest BCUT2D eigenvalue weighted by Gasteiger charge is 2.54. The van der Waals surface area contributed by atoms with Crippen LogP contribution in [0.5, 0.6) is 0 Å². The molecule has 6 atom stereocenters. The Morgan fingerprint density at radius 2 is 2.09 bits per heavy atom. The van der Waals surface area contributed by atoms with Gasteiger partial charge in [0, 0.05) is 44.2 Å². The summed E-state index contributed by atoms with van der Waals surface area (Å²) in [7, 11) is 3.45. The number of fused-ring (bicyclic) bond motifs is 4. The van der Waals surface area contributed by atoms with Crippen LogP contribution in [-0.4, -0.2) is 78.8 Å². The van der Waals surface area contributed by atoms with Crippen LogP contribution < -0.4 is 5.73 Å². The summed E-state index contributed by atoms with van der Waals surface area (Å²) in [5.41, 5.74) is 5.92. The SMILES string of the molecule is CO[C@H]1/C=C/CCN(C)C(=O)C2C3=CC=C(C=CN(C[C@@H]4CC[C@H]41)C[C@@]1(CCCc4cc(Cl)ccc41)CO3)[C@@]2(O)C(N)=O. The number of nitrogens with two attached hydrogens (primary N) is 1. The van der Waals surface area contributed by atoms with Gasteiger partial charge < -0.3 is 30.1 Å². The van der Waals surface area contributed by atoms with Crippen LogP contribution in [0.25, 0.3) is 0 Å². The normalized spacial score (nSPS) is 35.0. The third-order valence-electron chi connectivity index (χ3n) is 10.4. The zero-order valence-corrected chi connectivity index (χ0v) is 25.8. The Morgan fingerprint density at radius 3 is 2.84 bits per heavy atom. The number of benzene rings is 1. The first kappa shape index (κ1) is 30.0. The van der Waals surface area contributed by atoms with E-state index in [9.17, 15) is 14.7 Å². The van der Waals surface area contributed by atoms with Crippen molar-refractivity contribution in [1.29, 1.82) is 0 Å². The maximum absolute atomic E-state index is 14.1. The fourth-order valence-corrected chi connectivity index (χ4v) is 8.01. The van der Waals surface area contributed by atoms with Crippen LogP contribution in [0.4, 0.5) is 0 Å². The molecule has 0 saturated heterocycles. The molecule has 3 aliphatic carbocycles. The fraction of sp³-hybridized carbons (Fsp3) is 0.529. The molecule has 7 rings (SSSR count). The minimum absolute atomic E-state index is 0.000552. The number of aryl methyl sites for hydroxylation is 1. The van der Waals surface area contributed by atoms with Crippen LogP contribution in [0.3, 0.4) is 0 Å². The Bertz CT molecular complexity index is 1400. The van der Waals surface area contributed by atoms with Crippen LogP contribution in [0.15, 0.2) is 66.1 Å². The second kappa shape index (κ2) is 11.8. The topological polar surface area (TPSA) is 105 Å². The van der Waals surface area contributed by atoms with Crippen LogP contribution in [-0.2, 0) is 30.9 Å². The molecule has 8 nitrogen and oxygen atoms in total. The highest BCUT2D eigenvalue weighted by Crippen LogP contribution is 2.45. The molecule has 0 aromatic heterocycles. The van der Waals surface area contributed by atoms with E-state index in [1.807, 2.05) is 12.3 Å². The number of hydrogen-bond acceptors (Lipinski definition) is 6. The number of rotatable bonds is 2. The zero-order chi connectivity index (χ0) is 30.4. The summed E-state index contributed by atoms with van der Waals surface area (Å²) in [6.45, 7) is 2.13. The average molecular weight is 608 g/mol. The number of halogens is 1. The number of hydrogen-bond donors (Lipinski definition) is 2. The van der Waals surface area contributed by atoms with Gasteiger partial charge in [0.25, 0.3) is 5.91 Å². The van der Waals surface area contributed by atoms with Crippen LogP contribution in [0.2, 0.25) is 5.02 Å². The van der Waals surface area contributed by atoms with Gasteiger partial charge in [0.05, 0.1) is 12.7 Å². The van der Waals surface area contributed by atoms with E-state index in [0.29, 0.717) is 36.4 Å². The molecule has 6 aliphatic rings. The minimum atomic E-state index is -2.26. The summed E-state index contributed by atoms with van der Waals surface area (Å²) in [4.78, 5) is 31.0. The summed E-state index contributed by atoms with van der Waals surface area (Å²) < 4.78 is 12.6. The fourth-order valence-electron chi connectivity index (χ4n) is 7.82. The molecule has 1 aromatic carbocycles. The van der Waals surface area contributed by atoms with E-state index in [4.69, 9.17) is 26.8 Å². The molecule has 3 aliphatic heterocycles. The van der Waals surface area contributed by atoms with Crippen molar-refractivity contribution < 1.29 is 24.2 Å². The maximum atomic E-state index is 14.1. The summed E-state index contributed by atoms with van der Waals surface area (Å²) in [6, 6.07) is 6.11. The number of allylic oxidation sites excluding steroid dienone is 2. The van der Waals surface area contributed by atoms with Crippen molar-refractivity contribution >= 4 is 23.4 Å². The summed E-state index contributed by atoms with van der Waals surface area (Å²) >= 11 is 6.44. The van der Waals surface area contributed by atoms with Crippen LogP contribution >= 0.6 is 11.6 Å². The first-order valence-electron chi connectivity index (χ1n) is 15.4. The number of carbonyl (C=O) groups excluding carboxylic acids is 2. The van der Waals surface area contributed by atoms with Gasteiger partial charge in [-0.15, -0.1) is 0 Å². The quantitative estimate of drug-likeness (QED) is 0.495. The number of primary amides is 1. The molecule has 4 bridgehead atoms. The van der Waals surface area contributed by atoms with Gasteiger partial charge in [0.1, 0.15) is 11.7 Å². The van der Waals surface area contributed by atoms with Gasteiger partial charge in [0.2, 0.25) is 5.91 Å². The lowest BCUT2D eigenvalue weighted by Gasteiger charge is -2.46. The van der Waals surface area contributed by atoms with Crippen molar-refractivity contribution in [2.45, 2.75) is 55.6 Å². The Hall–Kier alpha value is -3.07. The van der Waals surface area contributed by atoms with Gasteiger partial charge in [-0.05, 0) is 97.5 Å². The molecule has 0 radical (unpaired) electrons. The van der Waals surface area contributed by atoms with E-state index in [1.54, 1.807) is 37.3 Å². The van der Waals surface area contributed by atoms with Crippen molar-refractivity contribution in [1.82, 2.24) is 9.80 Å². The zero-order valence-electron chi connectivity index (χ0n) is 25.0. The first-order valence-corrected chi connectivity index (χ1v) is 15.8. The molecule has 2 amide bonds. The Kier molecular flexibility index (Phi) is 8.22. The Labute approximate surface area is 258 Å². The molecular weight excluding hydrogens is 566 g/mol. The minimum Gasteiger partial charge on any atom is -0.496 e. The van der Waals surface area contributed by atoms with Crippen molar-refractivity contribution in [3.8, 4) is 0 Å². The third-order valence-corrected chi connectivity index (χ3v) is 10.6. The van der Waals surface area contributed by atoms with Crippen molar-refractivity contribution in [2.24, 2.45) is 23.5 Å². The molecule has 3 heterocycles. The second-order valence-electron chi connectivity index (χ2n) is 12.9. The number of amides is 2. The highest BCUT2D eigenvalue weighted by atomic mass is 35.5. The van der Waals surface area contributed by atoms with E-state index in [2.05, 4.69) is 29.2 Å². The summed E-state index contributed by atoms with van der Waals surface area (Å²) in [5.74, 6) is -1.68. The largest absolute Gasteiger partial charge is 0.496 e. The van der Waals surface area contributed by atoms with Crippen molar-refractivity contribution in [2.75, 3.05) is 40.4 Å². The van der Waals surface area contributed by atoms with Gasteiger partial charge in [-0.2, -0.15) is 0 Å². The molecule has 43 heavy (non-hydrogen) atoms. The van der Waals surface area contributed by atoms with Crippen molar-refractivity contribution in [3.05, 3.63) is 82.3 Å². The second-order valence-corrected chi connectivity index (χ2v) is 13.3. The Balaban J connectivity index is 1.51. The molecule has 1 fully saturated rings. The van der Waals surface area contributed by atoms with E-state index in [1.165, 1.54) is 11.1 Å². The number of ether oxygens (including phenoxy) is 2. The number of methoxy groups -OCH3 is 1. The molecule has 230 valence electrons. The van der Waals surface area contributed by atoms with E-state index >= 15 is 0 Å². The molecule has 1 unspecified atom stereocenters. The van der Waals surface area contributed by atoms with Crippen LogP contribution in [0, 0.1) is 17.8 Å². The molecular formula is C34H42ClN3O5. The van der Waals surface area contributed by atoms with E-state index in [-0.39, 0.29) is 24.0 Å². The number of carbonyl (C=O) groups is 2. The van der Waals surface area contributed by atoms with Crippen LogP contribution in [0.1, 0.15) is 43.2 Å². The van der Waals surface area contributed by atoms with Gasteiger partial charge in [-0.25, -0.2) is 0 Å². The van der Waals surface area contributed by atoms with E-state index in [0.717, 1.165) is 38.6 Å². The summed E-state index contributed by atoms with van der Waals surface area (Å²) in [6.07, 6.45) is 16.9. The Morgan fingerprint density at radius 1 is 1.26 bits per heavy atom. The number of nitrogens with zero attached hydrogens (tertiary/aromatic N) is 2. The smallest absolute Gasteiger partial charge is 0.255 e. The highest BCUT2D eigenvalue weighted by molar-refractivity contribution is 6.30. The maximum Gasteiger partial charge on any atom is 0.255 e. The van der Waals surface area contributed by atoms with Gasteiger partial charge in [-0.1, -0.05) is 35.9 Å². The monoisotopic (exact) mass is 607 g/mol. The van der Waals surface area contributed by atoms with Crippen molar-refractivity contribution in [3.63, 3.8) is 0 Å². The summed E-state index contributed by atoms with van der Waals surface area (Å²) in [5, 5.41) is 12.8. The molecule has 1 aromatic rings. The van der Waals surface area contributed by atoms with E-state index < -0.39 is 28.7 Å². The molecule has 3 N–H and O–H groups in total. The number of aliphatic hydroxyl groups is 1. The standard InChI is InChI=1S/C34H42ClN3O5/c1-37-16-4-3-7-28(42-2)26-11-8-23(26)19-38-17-14-24-9-13-29(30(31(37)39)34(24,41)32(36)40)43-21-33(20-38)15-5-6-22-18-25(35)10-12-27(22)33/h3,7,9-10,12-14,17-18,23,26,28,30,41H,4-6,8,11,15-16,19-21H2,1-2H3,(H2,36,40)/b7-3+,17-14?/t23-,26+,28-,30?,33-,34-/m0/s1. The first-order chi connectivity index (χ1) is 20.7. The lowest BCUT2D eigenvalue weighted by atomic mass is 9.68. The van der Waals surface area contributed by atoms with Gasteiger partial charge in [-0.3, -0.25) is 9.59 Å². The predicted octanol–water partition coefficient (Wildman–Crippen LogP) is 3.88.